The third kappa shape index (κ3) is 2.65. The molecule has 88 valence electrons. The predicted octanol–water partition coefficient (Wildman–Crippen LogP) is 2.96. The molecule has 1 heterocycles. The van der Waals surface area contributed by atoms with Crippen molar-refractivity contribution in [3.63, 3.8) is 0 Å². The standard InChI is InChI=1S/C12H10ClFN2S/c13-10-4-3-9(14)6-8(10)7-16-5-1-2-11(16)12(15)17/h1-6H,7H2,(H2,15,17). The maximum absolute atomic E-state index is 13.1. The highest BCUT2D eigenvalue weighted by molar-refractivity contribution is 7.80. The molecule has 2 nitrogen and oxygen atoms in total. The summed E-state index contributed by atoms with van der Waals surface area (Å²) in [6.45, 7) is 0.441. The summed E-state index contributed by atoms with van der Waals surface area (Å²) in [6, 6.07) is 7.93. The normalized spacial score (nSPS) is 10.5. The summed E-state index contributed by atoms with van der Waals surface area (Å²) in [5, 5.41) is 0.522. The lowest BCUT2D eigenvalue weighted by atomic mass is 10.2. The van der Waals surface area contributed by atoms with E-state index in [9.17, 15) is 4.39 Å². The molecule has 2 rings (SSSR count). The maximum atomic E-state index is 13.1. The van der Waals surface area contributed by atoms with Crippen LogP contribution in [-0.4, -0.2) is 9.56 Å². The van der Waals surface area contributed by atoms with Crippen LogP contribution in [0.15, 0.2) is 36.5 Å². The van der Waals surface area contributed by atoms with E-state index < -0.39 is 0 Å². The van der Waals surface area contributed by atoms with Crippen molar-refractivity contribution in [2.45, 2.75) is 6.54 Å². The molecule has 0 bridgehead atoms. The molecular weight excluding hydrogens is 259 g/mol. The van der Waals surface area contributed by atoms with E-state index in [0.717, 1.165) is 5.69 Å². The molecule has 0 aliphatic carbocycles. The van der Waals surface area contributed by atoms with Gasteiger partial charge in [0.15, 0.2) is 0 Å². The lowest BCUT2D eigenvalue weighted by Gasteiger charge is -2.09. The second-order valence-electron chi connectivity index (χ2n) is 3.62. The van der Waals surface area contributed by atoms with Crippen molar-refractivity contribution in [3.05, 3.63) is 58.6 Å². The Bertz CT molecular complexity index is 565. The Morgan fingerprint density at radius 1 is 1.41 bits per heavy atom. The van der Waals surface area contributed by atoms with Crippen LogP contribution in [0, 0.1) is 5.82 Å². The number of rotatable bonds is 3. The van der Waals surface area contributed by atoms with E-state index in [2.05, 4.69) is 0 Å². The van der Waals surface area contributed by atoms with E-state index in [1.165, 1.54) is 18.2 Å². The van der Waals surface area contributed by atoms with Crippen molar-refractivity contribution >= 4 is 28.8 Å². The SMILES string of the molecule is NC(=S)c1cccn1Cc1cc(F)ccc1Cl. The van der Waals surface area contributed by atoms with Crippen molar-refractivity contribution in [2.75, 3.05) is 0 Å². The number of halogens is 2. The summed E-state index contributed by atoms with van der Waals surface area (Å²) in [5.74, 6) is -0.312. The Labute approximate surface area is 109 Å². The number of aromatic nitrogens is 1. The molecule has 0 fully saturated rings. The minimum Gasteiger partial charge on any atom is -0.388 e. The van der Waals surface area contributed by atoms with Crippen LogP contribution in [0.5, 0.6) is 0 Å². The number of nitrogens with two attached hydrogens (primary N) is 1. The third-order valence-corrected chi connectivity index (χ3v) is 3.01. The van der Waals surface area contributed by atoms with Gasteiger partial charge in [0.2, 0.25) is 0 Å². The maximum Gasteiger partial charge on any atom is 0.123 e. The Hall–Kier alpha value is -1.39. The fourth-order valence-electron chi connectivity index (χ4n) is 1.62. The van der Waals surface area contributed by atoms with Gasteiger partial charge in [-0.2, -0.15) is 0 Å². The molecule has 0 saturated heterocycles. The lowest BCUT2D eigenvalue weighted by molar-refractivity contribution is 0.623. The summed E-state index contributed by atoms with van der Waals surface area (Å²) in [7, 11) is 0. The van der Waals surface area contributed by atoms with Crippen molar-refractivity contribution in [2.24, 2.45) is 5.73 Å². The zero-order chi connectivity index (χ0) is 12.4. The molecule has 2 aromatic rings. The molecule has 0 unspecified atom stereocenters. The fraction of sp³-hybridized carbons (Fsp3) is 0.0833. The zero-order valence-corrected chi connectivity index (χ0v) is 10.4. The second-order valence-corrected chi connectivity index (χ2v) is 4.47. The lowest BCUT2D eigenvalue weighted by Crippen LogP contribution is -2.15. The molecular formula is C12H10ClFN2S. The summed E-state index contributed by atoms with van der Waals surface area (Å²) in [6.07, 6.45) is 1.83. The van der Waals surface area contributed by atoms with Crippen LogP contribution in [0.4, 0.5) is 4.39 Å². The molecule has 1 aromatic carbocycles. The highest BCUT2D eigenvalue weighted by Crippen LogP contribution is 2.19. The van der Waals surface area contributed by atoms with Crippen molar-refractivity contribution < 1.29 is 4.39 Å². The molecule has 5 heteroatoms. The number of hydrogen-bond donors (Lipinski definition) is 1. The van der Waals surface area contributed by atoms with Crippen molar-refractivity contribution in [3.8, 4) is 0 Å². The van der Waals surface area contributed by atoms with Crippen LogP contribution in [0.1, 0.15) is 11.3 Å². The van der Waals surface area contributed by atoms with E-state index in [1.807, 2.05) is 22.9 Å². The van der Waals surface area contributed by atoms with Gasteiger partial charge in [0.1, 0.15) is 10.8 Å². The fourth-order valence-corrected chi connectivity index (χ4v) is 1.99. The second kappa shape index (κ2) is 4.85. The quantitative estimate of drug-likeness (QED) is 0.868. The highest BCUT2D eigenvalue weighted by Gasteiger charge is 2.07. The molecule has 17 heavy (non-hydrogen) atoms. The van der Waals surface area contributed by atoms with Crippen molar-refractivity contribution in [1.82, 2.24) is 4.57 Å². The van der Waals surface area contributed by atoms with Crippen LogP contribution in [0.25, 0.3) is 0 Å². The largest absolute Gasteiger partial charge is 0.388 e. The zero-order valence-electron chi connectivity index (χ0n) is 8.86. The highest BCUT2D eigenvalue weighted by atomic mass is 35.5. The van der Waals surface area contributed by atoms with Gasteiger partial charge >= 0.3 is 0 Å². The van der Waals surface area contributed by atoms with Gasteiger partial charge in [0.05, 0.1) is 5.69 Å². The van der Waals surface area contributed by atoms with E-state index >= 15 is 0 Å². The topological polar surface area (TPSA) is 30.9 Å². The van der Waals surface area contributed by atoms with Gasteiger partial charge in [-0.3, -0.25) is 0 Å². The molecule has 0 aliphatic heterocycles. The van der Waals surface area contributed by atoms with Gasteiger partial charge in [-0.05, 0) is 35.9 Å². The van der Waals surface area contributed by atoms with Gasteiger partial charge in [0.25, 0.3) is 0 Å². The molecule has 0 atom stereocenters. The molecule has 0 radical (unpaired) electrons. The van der Waals surface area contributed by atoms with Crippen LogP contribution in [0.2, 0.25) is 5.02 Å². The van der Waals surface area contributed by atoms with Crippen LogP contribution in [-0.2, 0) is 6.54 Å². The molecule has 0 saturated carbocycles. The summed E-state index contributed by atoms with van der Waals surface area (Å²) < 4.78 is 15.0. The number of nitrogens with zero attached hydrogens (tertiary/aromatic N) is 1. The van der Waals surface area contributed by atoms with E-state index in [4.69, 9.17) is 29.6 Å². The van der Waals surface area contributed by atoms with E-state index in [1.54, 1.807) is 0 Å². The first kappa shape index (κ1) is 12.1. The molecule has 2 N–H and O–H groups in total. The van der Waals surface area contributed by atoms with Gasteiger partial charge < -0.3 is 10.3 Å². The first-order valence-corrected chi connectivity index (χ1v) is 5.75. The summed E-state index contributed by atoms with van der Waals surface area (Å²) in [5.41, 5.74) is 7.02. The first-order valence-electron chi connectivity index (χ1n) is 4.97. The number of thiocarbonyl (C=S) groups is 1. The predicted molar refractivity (Wildman–Crippen MR) is 70.8 cm³/mol. The Morgan fingerprint density at radius 3 is 2.88 bits per heavy atom. The third-order valence-electron chi connectivity index (χ3n) is 2.43. The molecule has 0 spiro atoms. The molecule has 1 aromatic heterocycles. The summed E-state index contributed by atoms with van der Waals surface area (Å²) in [4.78, 5) is 0.308. The smallest absolute Gasteiger partial charge is 0.123 e. The Balaban J connectivity index is 2.34. The van der Waals surface area contributed by atoms with E-state index in [0.29, 0.717) is 22.1 Å². The molecule has 0 aliphatic rings. The Morgan fingerprint density at radius 2 is 2.18 bits per heavy atom. The minimum atomic E-state index is -0.312. The van der Waals surface area contributed by atoms with Gasteiger partial charge in [-0.15, -0.1) is 0 Å². The van der Waals surface area contributed by atoms with Gasteiger partial charge in [-0.25, -0.2) is 4.39 Å². The average Bonchev–Trinajstić information content (AvgIpc) is 2.71. The van der Waals surface area contributed by atoms with Crippen LogP contribution in [0.3, 0.4) is 0 Å². The van der Waals surface area contributed by atoms with Crippen LogP contribution >= 0.6 is 23.8 Å². The monoisotopic (exact) mass is 268 g/mol. The van der Waals surface area contributed by atoms with Gasteiger partial charge in [0, 0.05) is 17.8 Å². The molecule has 0 amide bonds. The number of benzene rings is 1. The van der Waals surface area contributed by atoms with Gasteiger partial charge in [-0.1, -0.05) is 23.8 Å². The average molecular weight is 269 g/mol. The Kier molecular flexibility index (Phi) is 3.45. The minimum absolute atomic E-state index is 0.308. The van der Waals surface area contributed by atoms with Crippen LogP contribution < -0.4 is 5.73 Å². The van der Waals surface area contributed by atoms with Crippen molar-refractivity contribution in [1.29, 1.82) is 0 Å². The number of hydrogen-bond acceptors (Lipinski definition) is 1. The van der Waals surface area contributed by atoms with E-state index in [-0.39, 0.29) is 5.82 Å². The first-order chi connectivity index (χ1) is 8.08. The summed E-state index contributed by atoms with van der Waals surface area (Å²) >= 11 is 10.9.